The summed E-state index contributed by atoms with van der Waals surface area (Å²) in [6.45, 7) is 2.01. The van der Waals surface area contributed by atoms with Gasteiger partial charge < -0.3 is 10.3 Å². The van der Waals surface area contributed by atoms with E-state index in [0.29, 0.717) is 11.3 Å². The molecule has 102 valence electrons. The molecule has 2 N–H and O–H groups in total. The maximum Gasteiger partial charge on any atom is 0.230 e. The van der Waals surface area contributed by atoms with E-state index in [-0.39, 0.29) is 11.7 Å². The van der Waals surface area contributed by atoms with Crippen molar-refractivity contribution >= 4 is 33.2 Å². The Morgan fingerprint density at radius 2 is 2.00 bits per heavy atom. The number of hydrogen-bond acceptors (Lipinski definition) is 4. The van der Waals surface area contributed by atoms with Crippen molar-refractivity contribution in [3.05, 3.63) is 45.5 Å². The number of halogens is 2. The lowest BCUT2D eigenvalue weighted by Gasteiger charge is -2.00. The van der Waals surface area contributed by atoms with Crippen molar-refractivity contribution in [1.29, 1.82) is 0 Å². The Morgan fingerprint density at radius 1 is 1.30 bits per heavy atom. The van der Waals surface area contributed by atoms with Crippen molar-refractivity contribution in [2.75, 3.05) is 5.73 Å². The summed E-state index contributed by atoms with van der Waals surface area (Å²) in [4.78, 5) is 0.953. The van der Waals surface area contributed by atoms with E-state index < -0.39 is 0 Å². The van der Waals surface area contributed by atoms with Gasteiger partial charge in [-0.25, -0.2) is 4.39 Å². The lowest BCUT2D eigenvalue weighted by molar-refractivity contribution is 0.439. The third kappa shape index (κ3) is 2.25. The van der Waals surface area contributed by atoms with Crippen LogP contribution in [0.25, 0.3) is 21.7 Å². The molecule has 1 aromatic carbocycles. The molecule has 0 saturated heterocycles. The molecule has 0 unspecified atom stereocenters. The number of nitrogen functional groups attached to an aromatic ring is 1. The predicted molar refractivity (Wildman–Crippen MR) is 82.1 cm³/mol. The summed E-state index contributed by atoms with van der Waals surface area (Å²) >= 11 is 5.05. The number of aryl methyl sites for hydroxylation is 1. The van der Waals surface area contributed by atoms with E-state index in [1.54, 1.807) is 23.5 Å². The summed E-state index contributed by atoms with van der Waals surface area (Å²) in [6.07, 6.45) is 0. The highest BCUT2D eigenvalue weighted by atomic mass is 79.9. The van der Waals surface area contributed by atoms with Gasteiger partial charge in [-0.2, -0.15) is 0 Å². The maximum absolute atomic E-state index is 13.0. The van der Waals surface area contributed by atoms with Gasteiger partial charge in [0.1, 0.15) is 11.5 Å². The molecule has 20 heavy (non-hydrogen) atoms. The number of aromatic nitrogens is 1. The summed E-state index contributed by atoms with van der Waals surface area (Å²) < 4.78 is 19.2. The van der Waals surface area contributed by atoms with Crippen LogP contribution < -0.4 is 5.73 Å². The maximum atomic E-state index is 13.0. The summed E-state index contributed by atoms with van der Waals surface area (Å²) in [5.74, 6) is -0.0613. The Morgan fingerprint density at radius 3 is 2.60 bits per heavy atom. The molecule has 0 fully saturated rings. The van der Waals surface area contributed by atoms with Crippen molar-refractivity contribution in [2.24, 2.45) is 0 Å². The van der Waals surface area contributed by atoms with Gasteiger partial charge in [0.15, 0.2) is 0 Å². The van der Waals surface area contributed by atoms with Crippen LogP contribution in [0, 0.1) is 12.7 Å². The van der Waals surface area contributed by atoms with Gasteiger partial charge >= 0.3 is 0 Å². The first-order valence-corrected chi connectivity index (χ1v) is 7.44. The molecule has 3 nitrogen and oxygen atoms in total. The van der Waals surface area contributed by atoms with Crippen LogP contribution in [0.4, 0.5) is 10.3 Å². The van der Waals surface area contributed by atoms with E-state index in [9.17, 15) is 4.39 Å². The minimum Gasteiger partial charge on any atom is -0.367 e. The molecule has 0 spiro atoms. The van der Waals surface area contributed by atoms with Crippen molar-refractivity contribution in [3.8, 4) is 21.7 Å². The zero-order valence-electron chi connectivity index (χ0n) is 10.5. The average Bonchev–Trinajstić information content (AvgIpc) is 2.95. The topological polar surface area (TPSA) is 52.0 Å². The Labute approximate surface area is 127 Å². The second-order valence-electron chi connectivity index (χ2n) is 4.34. The predicted octanol–water partition coefficient (Wildman–Crippen LogP) is 4.86. The third-order valence-corrected chi connectivity index (χ3v) is 5.09. The van der Waals surface area contributed by atoms with Gasteiger partial charge in [0.2, 0.25) is 5.88 Å². The highest BCUT2D eigenvalue weighted by Crippen LogP contribution is 2.41. The summed E-state index contributed by atoms with van der Waals surface area (Å²) in [6, 6.07) is 8.12. The van der Waals surface area contributed by atoms with E-state index in [1.165, 1.54) is 12.1 Å². The molecule has 2 aromatic heterocycles. The average molecular weight is 353 g/mol. The Bertz CT molecular complexity index is 745. The normalized spacial score (nSPS) is 10.9. The Kier molecular flexibility index (Phi) is 3.35. The van der Waals surface area contributed by atoms with Crippen LogP contribution in [0.5, 0.6) is 0 Å². The molecule has 0 atom stereocenters. The molecule has 0 amide bonds. The fourth-order valence-electron chi connectivity index (χ4n) is 1.94. The first kappa shape index (κ1) is 13.3. The number of hydrogen-bond donors (Lipinski definition) is 1. The molecule has 0 aliphatic rings. The molecule has 0 radical (unpaired) electrons. The summed E-state index contributed by atoms with van der Waals surface area (Å²) in [5, 5.41) is 4.04. The Hall–Kier alpha value is -1.66. The smallest absolute Gasteiger partial charge is 0.230 e. The second kappa shape index (κ2) is 5.03. The SMILES string of the molecule is Cc1cc(-c2noc(N)c2-c2ccc(F)cc2)sc1Br. The van der Waals surface area contributed by atoms with Crippen molar-refractivity contribution in [1.82, 2.24) is 5.16 Å². The van der Waals surface area contributed by atoms with Crippen LogP contribution in [0.2, 0.25) is 0 Å². The molecule has 0 aliphatic heterocycles. The first-order chi connectivity index (χ1) is 9.56. The highest BCUT2D eigenvalue weighted by molar-refractivity contribution is 9.11. The van der Waals surface area contributed by atoms with Crippen molar-refractivity contribution < 1.29 is 8.91 Å². The highest BCUT2D eigenvalue weighted by Gasteiger charge is 2.19. The zero-order chi connectivity index (χ0) is 14.3. The summed E-state index contributed by atoms with van der Waals surface area (Å²) in [7, 11) is 0. The fraction of sp³-hybridized carbons (Fsp3) is 0.0714. The Balaban J connectivity index is 2.16. The minimum absolute atomic E-state index is 0.230. The number of nitrogens with zero attached hydrogens (tertiary/aromatic N) is 1. The van der Waals surface area contributed by atoms with E-state index >= 15 is 0 Å². The van der Waals surface area contributed by atoms with E-state index in [4.69, 9.17) is 10.3 Å². The van der Waals surface area contributed by atoms with Gasteiger partial charge in [-0.3, -0.25) is 0 Å². The quantitative estimate of drug-likeness (QED) is 0.716. The minimum atomic E-state index is -0.292. The van der Waals surface area contributed by atoms with Gasteiger partial charge in [-0.05, 0) is 52.2 Å². The van der Waals surface area contributed by atoms with Crippen LogP contribution in [-0.4, -0.2) is 5.16 Å². The van der Waals surface area contributed by atoms with E-state index in [2.05, 4.69) is 21.1 Å². The molecule has 3 aromatic rings. The number of thiophene rings is 1. The number of nitrogens with two attached hydrogens (primary N) is 1. The molecule has 0 saturated carbocycles. The van der Waals surface area contributed by atoms with Gasteiger partial charge in [-0.15, -0.1) is 11.3 Å². The fourth-order valence-corrected chi connectivity index (χ4v) is 3.47. The standard InChI is InChI=1S/C14H10BrFN2OS/c1-7-6-10(20-13(7)15)12-11(14(17)19-18-12)8-2-4-9(16)5-3-8/h2-6H,17H2,1H3. The molecular weight excluding hydrogens is 343 g/mol. The van der Waals surface area contributed by atoms with Crippen LogP contribution in [0.15, 0.2) is 38.6 Å². The molecule has 2 heterocycles. The lowest BCUT2D eigenvalue weighted by atomic mass is 10.0. The molecule has 6 heteroatoms. The molecule has 0 aliphatic carbocycles. The van der Waals surface area contributed by atoms with Crippen molar-refractivity contribution in [2.45, 2.75) is 6.92 Å². The molecular formula is C14H10BrFN2OS. The van der Waals surface area contributed by atoms with Gasteiger partial charge in [-0.1, -0.05) is 17.3 Å². The van der Waals surface area contributed by atoms with Gasteiger partial charge in [0.05, 0.1) is 14.2 Å². The van der Waals surface area contributed by atoms with Gasteiger partial charge in [0.25, 0.3) is 0 Å². The van der Waals surface area contributed by atoms with Crippen LogP contribution in [0.1, 0.15) is 5.56 Å². The van der Waals surface area contributed by atoms with Crippen LogP contribution in [-0.2, 0) is 0 Å². The molecule has 0 bridgehead atoms. The van der Waals surface area contributed by atoms with E-state index in [0.717, 1.165) is 19.8 Å². The van der Waals surface area contributed by atoms with Crippen molar-refractivity contribution in [3.63, 3.8) is 0 Å². The number of anilines is 1. The lowest BCUT2D eigenvalue weighted by Crippen LogP contribution is -1.87. The van der Waals surface area contributed by atoms with Crippen LogP contribution in [0.3, 0.4) is 0 Å². The number of rotatable bonds is 2. The van der Waals surface area contributed by atoms with Crippen LogP contribution >= 0.6 is 27.3 Å². The summed E-state index contributed by atoms with van der Waals surface area (Å²) in [5.41, 5.74) is 9.13. The van der Waals surface area contributed by atoms with Gasteiger partial charge in [0, 0.05) is 0 Å². The zero-order valence-corrected chi connectivity index (χ0v) is 12.9. The largest absolute Gasteiger partial charge is 0.367 e. The van der Waals surface area contributed by atoms with E-state index in [1.807, 2.05) is 13.0 Å². The third-order valence-electron chi connectivity index (χ3n) is 2.94. The second-order valence-corrected chi connectivity index (χ2v) is 6.71. The molecule has 3 rings (SSSR count). The monoisotopic (exact) mass is 352 g/mol. The number of benzene rings is 1. The first-order valence-electron chi connectivity index (χ1n) is 5.83.